The van der Waals surface area contributed by atoms with Crippen molar-refractivity contribution in [1.29, 1.82) is 0 Å². The molecule has 0 amide bonds. The van der Waals surface area contributed by atoms with Gasteiger partial charge in [-0.15, -0.1) is 0 Å². The Bertz CT molecular complexity index is 935. The Labute approximate surface area is 161 Å². The standard InChI is InChI=1S/C23H28N2O2/c1-14(2)18-11-8-12-19-23(18)25-21(15(3)4)22(24-19)17(6)10-7-9-16(5)13-20(26)27/h7-15H,1-6H3,(H,26,27)/b9-7+,16-13+,17-10+. The Morgan fingerprint density at radius 2 is 1.78 bits per heavy atom. The van der Waals surface area contributed by atoms with E-state index in [1.807, 2.05) is 31.2 Å². The van der Waals surface area contributed by atoms with Gasteiger partial charge in [-0.3, -0.25) is 0 Å². The number of hydrogen-bond donors (Lipinski definition) is 1. The highest BCUT2D eigenvalue weighted by atomic mass is 16.4. The molecule has 2 rings (SSSR count). The van der Waals surface area contributed by atoms with Crippen molar-refractivity contribution >= 4 is 22.6 Å². The minimum absolute atomic E-state index is 0.248. The van der Waals surface area contributed by atoms with Crippen molar-refractivity contribution in [2.24, 2.45) is 0 Å². The van der Waals surface area contributed by atoms with E-state index in [9.17, 15) is 4.79 Å². The summed E-state index contributed by atoms with van der Waals surface area (Å²) in [7, 11) is 0. The quantitative estimate of drug-likeness (QED) is 0.514. The van der Waals surface area contributed by atoms with Gasteiger partial charge in [0.25, 0.3) is 0 Å². The Balaban J connectivity index is 2.53. The highest BCUT2D eigenvalue weighted by Gasteiger charge is 2.16. The van der Waals surface area contributed by atoms with Gasteiger partial charge < -0.3 is 5.11 Å². The lowest BCUT2D eigenvalue weighted by molar-refractivity contribution is -0.131. The zero-order valence-corrected chi connectivity index (χ0v) is 16.9. The van der Waals surface area contributed by atoms with Crippen LogP contribution in [-0.4, -0.2) is 21.0 Å². The van der Waals surface area contributed by atoms with Crippen molar-refractivity contribution in [1.82, 2.24) is 9.97 Å². The van der Waals surface area contributed by atoms with Crippen molar-refractivity contribution < 1.29 is 9.90 Å². The molecule has 1 aromatic carbocycles. The number of fused-ring (bicyclic) bond motifs is 1. The normalized spacial score (nSPS) is 13.3. The largest absolute Gasteiger partial charge is 0.478 e. The first-order chi connectivity index (χ1) is 12.7. The molecule has 0 aliphatic heterocycles. The van der Waals surface area contributed by atoms with Crippen molar-refractivity contribution in [3.63, 3.8) is 0 Å². The van der Waals surface area contributed by atoms with Gasteiger partial charge in [-0.2, -0.15) is 0 Å². The molecule has 0 saturated heterocycles. The monoisotopic (exact) mass is 364 g/mol. The minimum atomic E-state index is -0.943. The Morgan fingerprint density at radius 3 is 2.37 bits per heavy atom. The third-order valence-corrected chi connectivity index (χ3v) is 4.35. The summed E-state index contributed by atoms with van der Waals surface area (Å²) in [5.41, 5.74) is 6.65. The number of hydrogen-bond acceptors (Lipinski definition) is 3. The molecule has 1 aromatic heterocycles. The number of para-hydroxylation sites is 1. The number of carboxylic acid groups (broad SMARTS) is 1. The van der Waals surface area contributed by atoms with Crippen LogP contribution < -0.4 is 0 Å². The molecule has 4 heteroatoms. The number of rotatable bonds is 6. The maximum Gasteiger partial charge on any atom is 0.328 e. The highest BCUT2D eigenvalue weighted by molar-refractivity contribution is 5.82. The fraction of sp³-hybridized carbons (Fsp3) is 0.348. The van der Waals surface area contributed by atoms with Gasteiger partial charge in [0.1, 0.15) is 0 Å². The fourth-order valence-electron chi connectivity index (χ4n) is 2.94. The molecule has 0 radical (unpaired) electrons. The number of aromatic nitrogens is 2. The molecule has 27 heavy (non-hydrogen) atoms. The van der Waals surface area contributed by atoms with Crippen LogP contribution in [0, 0.1) is 0 Å². The number of benzene rings is 1. The van der Waals surface area contributed by atoms with E-state index >= 15 is 0 Å². The first-order valence-electron chi connectivity index (χ1n) is 9.27. The Hall–Kier alpha value is -2.75. The summed E-state index contributed by atoms with van der Waals surface area (Å²) in [5, 5.41) is 8.79. The van der Waals surface area contributed by atoms with Gasteiger partial charge in [0.2, 0.25) is 0 Å². The van der Waals surface area contributed by atoms with Crippen molar-refractivity contribution in [2.45, 2.75) is 53.4 Å². The number of carbonyl (C=O) groups is 1. The van der Waals surface area contributed by atoms with Gasteiger partial charge in [0.15, 0.2) is 0 Å². The zero-order chi connectivity index (χ0) is 20.1. The van der Waals surface area contributed by atoms with E-state index in [2.05, 4.69) is 33.8 Å². The maximum absolute atomic E-state index is 10.7. The number of carboxylic acids is 1. The lowest BCUT2D eigenvalue weighted by Crippen LogP contribution is -2.05. The van der Waals surface area contributed by atoms with Crippen LogP contribution in [0.4, 0.5) is 0 Å². The third kappa shape index (κ3) is 5.13. The predicted molar refractivity (Wildman–Crippen MR) is 112 cm³/mol. The molecule has 142 valence electrons. The second kappa shape index (κ2) is 8.76. The lowest BCUT2D eigenvalue weighted by atomic mass is 9.98. The summed E-state index contributed by atoms with van der Waals surface area (Å²) in [6, 6.07) is 6.16. The summed E-state index contributed by atoms with van der Waals surface area (Å²) >= 11 is 0. The van der Waals surface area contributed by atoms with E-state index in [4.69, 9.17) is 15.1 Å². The van der Waals surface area contributed by atoms with Crippen LogP contribution in [-0.2, 0) is 4.79 Å². The van der Waals surface area contributed by atoms with Gasteiger partial charge in [0.05, 0.1) is 22.4 Å². The summed E-state index contributed by atoms with van der Waals surface area (Å²) in [6.07, 6.45) is 6.76. The average Bonchev–Trinajstić information content (AvgIpc) is 2.58. The fourth-order valence-corrected chi connectivity index (χ4v) is 2.94. The summed E-state index contributed by atoms with van der Waals surface area (Å²) in [5.74, 6) is -0.308. The van der Waals surface area contributed by atoms with Gasteiger partial charge in [-0.25, -0.2) is 14.8 Å². The van der Waals surface area contributed by atoms with Crippen LogP contribution in [0.25, 0.3) is 16.6 Å². The second-order valence-corrected chi connectivity index (χ2v) is 7.42. The molecule has 1 heterocycles. The Morgan fingerprint density at radius 1 is 1.07 bits per heavy atom. The van der Waals surface area contributed by atoms with E-state index in [1.165, 1.54) is 11.6 Å². The summed E-state index contributed by atoms with van der Waals surface area (Å²) in [6.45, 7) is 12.4. The molecular weight excluding hydrogens is 336 g/mol. The van der Waals surface area contributed by atoms with E-state index in [0.29, 0.717) is 11.5 Å². The van der Waals surface area contributed by atoms with Crippen LogP contribution in [0.15, 0.2) is 48.1 Å². The SMILES string of the molecule is CC(/C=C/C=C(\C)c1nc2cccc(C(C)C)c2nc1C(C)C)=C\C(=O)O. The van der Waals surface area contributed by atoms with E-state index < -0.39 is 5.97 Å². The molecular formula is C23H28N2O2. The first-order valence-corrected chi connectivity index (χ1v) is 9.27. The van der Waals surface area contributed by atoms with E-state index in [-0.39, 0.29) is 5.92 Å². The molecule has 0 fully saturated rings. The van der Waals surface area contributed by atoms with Crippen LogP contribution in [0.5, 0.6) is 0 Å². The lowest BCUT2D eigenvalue weighted by Gasteiger charge is -2.15. The summed E-state index contributed by atoms with van der Waals surface area (Å²) in [4.78, 5) is 20.6. The average molecular weight is 364 g/mol. The highest BCUT2D eigenvalue weighted by Crippen LogP contribution is 2.29. The molecule has 0 spiro atoms. The van der Waals surface area contributed by atoms with Crippen LogP contribution in [0.1, 0.15) is 70.3 Å². The molecule has 2 aromatic rings. The second-order valence-electron chi connectivity index (χ2n) is 7.42. The molecule has 0 aliphatic carbocycles. The first kappa shape index (κ1) is 20.6. The molecule has 1 N–H and O–H groups in total. The number of nitrogens with zero attached hydrogens (tertiary/aromatic N) is 2. The molecule has 0 bridgehead atoms. The topological polar surface area (TPSA) is 63.1 Å². The van der Waals surface area contributed by atoms with Crippen molar-refractivity contribution in [2.75, 3.05) is 0 Å². The predicted octanol–water partition coefficient (Wildman–Crippen LogP) is 5.87. The van der Waals surface area contributed by atoms with Gasteiger partial charge in [-0.1, -0.05) is 58.1 Å². The van der Waals surface area contributed by atoms with E-state index in [1.54, 1.807) is 13.0 Å². The van der Waals surface area contributed by atoms with E-state index in [0.717, 1.165) is 28.0 Å². The van der Waals surface area contributed by atoms with Crippen molar-refractivity contribution in [3.8, 4) is 0 Å². The van der Waals surface area contributed by atoms with Gasteiger partial charge in [0, 0.05) is 6.08 Å². The Kier molecular flexibility index (Phi) is 6.67. The molecule has 0 aliphatic rings. The number of allylic oxidation sites excluding steroid dienone is 5. The number of aliphatic carboxylic acids is 1. The smallest absolute Gasteiger partial charge is 0.328 e. The zero-order valence-electron chi connectivity index (χ0n) is 16.9. The third-order valence-electron chi connectivity index (χ3n) is 4.35. The molecule has 0 saturated carbocycles. The maximum atomic E-state index is 10.7. The minimum Gasteiger partial charge on any atom is -0.478 e. The summed E-state index contributed by atoms with van der Waals surface area (Å²) < 4.78 is 0. The van der Waals surface area contributed by atoms with Gasteiger partial charge in [-0.05, 0) is 48.5 Å². The van der Waals surface area contributed by atoms with Crippen LogP contribution in [0.3, 0.4) is 0 Å². The van der Waals surface area contributed by atoms with Crippen molar-refractivity contribution in [3.05, 3.63) is 65.0 Å². The van der Waals surface area contributed by atoms with Crippen LogP contribution in [0.2, 0.25) is 0 Å². The molecule has 0 atom stereocenters. The van der Waals surface area contributed by atoms with Crippen LogP contribution >= 0.6 is 0 Å². The molecule has 4 nitrogen and oxygen atoms in total. The molecule has 0 unspecified atom stereocenters. The van der Waals surface area contributed by atoms with Gasteiger partial charge >= 0.3 is 5.97 Å².